The predicted octanol–water partition coefficient (Wildman–Crippen LogP) is 0.714. The number of carbonyl (C=O) groups is 1. The van der Waals surface area contributed by atoms with Gasteiger partial charge in [-0.25, -0.2) is 0 Å². The summed E-state index contributed by atoms with van der Waals surface area (Å²) in [4.78, 5) is 13.8. The number of amides is 1. The highest BCUT2D eigenvalue weighted by Gasteiger charge is 2.34. The van der Waals surface area contributed by atoms with Gasteiger partial charge >= 0.3 is 0 Å². The molecule has 1 aliphatic rings. The Labute approximate surface area is 98.6 Å². The highest BCUT2D eigenvalue weighted by Crippen LogP contribution is 2.31. The van der Waals surface area contributed by atoms with Crippen molar-refractivity contribution >= 4 is 5.91 Å². The van der Waals surface area contributed by atoms with E-state index in [2.05, 4.69) is 31.1 Å². The number of nitrogens with one attached hydrogen (secondary N) is 1. The Bertz CT molecular complexity index is 236. The van der Waals surface area contributed by atoms with Crippen molar-refractivity contribution in [3.63, 3.8) is 0 Å². The van der Waals surface area contributed by atoms with E-state index in [0.29, 0.717) is 19.0 Å². The molecule has 0 spiro atoms. The molecule has 3 N–H and O–H groups in total. The lowest BCUT2D eigenvalue weighted by molar-refractivity contribution is -0.123. The molecule has 1 fully saturated rings. The summed E-state index contributed by atoms with van der Waals surface area (Å²) in [6.07, 6.45) is 3.64. The molecule has 4 heteroatoms. The van der Waals surface area contributed by atoms with Crippen LogP contribution in [-0.2, 0) is 4.79 Å². The summed E-state index contributed by atoms with van der Waals surface area (Å²) in [5.41, 5.74) is 5.81. The SMILES string of the molecule is CC(C)N(C)CCNC(=O)CC1(N)CCC1. The maximum Gasteiger partial charge on any atom is 0.221 e. The zero-order valence-electron chi connectivity index (χ0n) is 10.8. The van der Waals surface area contributed by atoms with E-state index in [0.717, 1.165) is 19.4 Å². The van der Waals surface area contributed by atoms with Crippen LogP contribution in [0.25, 0.3) is 0 Å². The lowest BCUT2D eigenvalue weighted by Gasteiger charge is -2.37. The van der Waals surface area contributed by atoms with Crippen LogP contribution >= 0.6 is 0 Å². The second-order valence-electron chi connectivity index (χ2n) is 5.32. The van der Waals surface area contributed by atoms with Gasteiger partial charge in [0.25, 0.3) is 0 Å². The van der Waals surface area contributed by atoms with E-state index in [1.807, 2.05) is 0 Å². The molecule has 0 heterocycles. The van der Waals surface area contributed by atoms with E-state index in [4.69, 9.17) is 5.73 Å². The number of nitrogens with zero attached hydrogens (tertiary/aromatic N) is 1. The Kier molecular flexibility index (Phi) is 4.74. The van der Waals surface area contributed by atoms with Crippen LogP contribution in [-0.4, -0.2) is 42.5 Å². The van der Waals surface area contributed by atoms with Crippen molar-refractivity contribution in [3.05, 3.63) is 0 Å². The molecule has 1 amide bonds. The van der Waals surface area contributed by atoms with Gasteiger partial charge in [0.2, 0.25) is 5.91 Å². The molecule has 0 aromatic carbocycles. The van der Waals surface area contributed by atoms with E-state index in [1.165, 1.54) is 6.42 Å². The van der Waals surface area contributed by atoms with Gasteiger partial charge in [0.05, 0.1) is 0 Å². The van der Waals surface area contributed by atoms with Gasteiger partial charge in [0.1, 0.15) is 0 Å². The first-order valence-electron chi connectivity index (χ1n) is 6.19. The zero-order valence-corrected chi connectivity index (χ0v) is 10.8. The fourth-order valence-corrected chi connectivity index (χ4v) is 1.82. The average molecular weight is 227 g/mol. The zero-order chi connectivity index (χ0) is 12.2. The van der Waals surface area contributed by atoms with E-state index in [1.54, 1.807) is 0 Å². The first-order valence-corrected chi connectivity index (χ1v) is 6.19. The molecule has 16 heavy (non-hydrogen) atoms. The highest BCUT2D eigenvalue weighted by atomic mass is 16.1. The number of hydrogen-bond acceptors (Lipinski definition) is 3. The lowest BCUT2D eigenvalue weighted by Crippen LogP contribution is -2.50. The summed E-state index contributed by atoms with van der Waals surface area (Å²) in [6, 6.07) is 0.518. The molecule has 1 saturated carbocycles. The summed E-state index contributed by atoms with van der Waals surface area (Å²) < 4.78 is 0. The van der Waals surface area contributed by atoms with Gasteiger partial charge in [-0.05, 0) is 40.2 Å². The number of carbonyl (C=O) groups excluding carboxylic acids is 1. The molecule has 0 aromatic heterocycles. The van der Waals surface area contributed by atoms with Gasteiger partial charge in [-0.15, -0.1) is 0 Å². The molecule has 0 aliphatic heterocycles. The Balaban J connectivity index is 2.11. The fourth-order valence-electron chi connectivity index (χ4n) is 1.82. The van der Waals surface area contributed by atoms with Crippen molar-refractivity contribution < 1.29 is 4.79 Å². The summed E-state index contributed by atoms with van der Waals surface area (Å²) in [7, 11) is 2.06. The van der Waals surface area contributed by atoms with Crippen LogP contribution < -0.4 is 11.1 Å². The standard InChI is InChI=1S/C12H25N3O/c1-10(2)15(3)8-7-14-11(16)9-12(13)5-4-6-12/h10H,4-9,13H2,1-3H3,(H,14,16). The largest absolute Gasteiger partial charge is 0.355 e. The van der Waals surface area contributed by atoms with Crippen molar-refractivity contribution in [3.8, 4) is 0 Å². The van der Waals surface area contributed by atoms with Gasteiger partial charge in [-0.1, -0.05) is 0 Å². The molecule has 0 saturated heterocycles. The first-order chi connectivity index (χ1) is 7.43. The number of hydrogen-bond donors (Lipinski definition) is 2. The van der Waals surface area contributed by atoms with Crippen molar-refractivity contribution in [1.29, 1.82) is 0 Å². The second-order valence-corrected chi connectivity index (χ2v) is 5.32. The Morgan fingerprint density at radius 1 is 1.50 bits per heavy atom. The van der Waals surface area contributed by atoms with E-state index >= 15 is 0 Å². The molecule has 1 aliphatic carbocycles. The van der Waals surface area contributed by atoms with Gasteiger partial charge < -0.3 is 16.0 Å². The summed E-state index contributed by atoms with van der Waals surface area (Å²) >= 11 is 0. The van der Waals surface area contributed by atoms with Gasteiger partial charge in [0.15, 0.2) is 0 Å². The lowest BCUT2D eigenvalue weighted by atomic mass is 9.75. The van der Waals surface area contributed by atoms with Gasteiger partial charge in [0, 0.05) is 31.1 Å². The molecular formula is C12H25N3O. The Hall–Kier alpha value is -0.610. The Morgan fingerprint density at radius 3 is 2.56 bits per heavy atom. The smallest absolute Gasteiger partial charge is 0.221 e. The highest BCUT2D eigenvalue weighted by molar-refractivity contribution is 5.77. The predicted molar refractivity (Wildman–Crippen MR) is 66.2 cm³/mol. The Morgan fingerprint density at radius 2 is 2.12 bits per heavy atom. The molecule has 0 bridgehead atoms. The third-order valence-electron chi connectivity index (χ3n) is 3.53. The topological polar surface area (TPSA) is 58.4 Å². The van der Waals surface area contributed by atoms with E-state index in [9.17, 15) is 4.79 Å². The minimum atomic E-state index is -0.200. The third-order valence-corrected chi connectivity index (χ3v) is 3.53. The minimum Gasteiger partial charge on any atom is -0.355 e. The molecule has 0 atom stereocenters. The number of nitrogens with two attached hydrogens (primary N) is 1. The molecule has 0 unspecified atom stereocenters. The molecule has 0 aromatic rings. The monoisotopic (exact) mass is 227 g/mol. The van der Waals surface area contributed by atoms with Crippen LogP contribution in [0.15, 0.2) is 0 Å². The second kappa shape index (κ2) is 5.64. The van der Waals surface area contributed by atoms with Crippen molar-refractivity contribution in [1.82, 2.24) is 10.2 Å². The van der Waals surface area contributed by atoms with Crippen molar-refractivity contribution in [2.75, 3.05) is 20.1 Å². The van der Waals surface area contributed by atoms with Crippen LogP contribution in [0.5, 0.6) is 0 Å². The van der Waals surface area contributed by atoms with Crippen LogP contribution in [0.1, 0.15) is 39.5 Å². The van der Waals surface area contributed by atoms with E-state index < -0.39 is 0 Å². The van der Waals surface area contributed by atoms with Crippen LogP contribution in [0.3, 0.4) is 0 Å². The third kappa shape index (κ3) is 4.10. The summed E-state index contributed by atoms with van der Waals surface area (Å²) in [5, 5.41) is 2.93. The van der Waals surface area contributed by atoms with Crippen LogP contribution in [0.4, 0.5) is 0 Å². The van der Waals surface area contributed by atoms with Crippen LogP contribution in [0.2, 0.25) is 0 Å². The van der Waals surface area contributed by atoms with Crippen LogP contribution in [0, 0.1) is 0 Å². The number of likely N-dealkylation sites (N-methyl/N-ethyl adjacent to an activating group) is 1. The molecule has 1 rings (SSSR count). The van der Waals surface area contributed by atoms with Crippen molar-refractivity contribution in [2.24, 2.45) is 5.73 Å². The van der Waals surface area contributed by atoms with E-state index in [-0.39, 0.29) is 11.4 Å². The van der Waals surface area contributed by atoms with Gasteiger partial charge in [-0.2, -0.15) is 0 Å². The average Bonchev–Trinajstić information content (AvgIpc) is 2.14. The maximum absolute atomic E-state index is 11.6. The summed E-state index contributed by atoms with van der Waals surface area (Å²) in [6.45, 7) is 5.89. The van der Waals surface area contributed by atoms with Crippen molar-refractivity contribution in [2.45, 2.75) is 51.1 Å². The maximum atomic E-state index is 11.6. The fraction of sp³-hybridized carbons (Fsp3) is 0.917. The number of rotatable bonds is 6. The molecule has 4 nitrogen and oxygen atoms in total. The molecule has 0 radical (unpaired) electrons. The van der Waals surface area contributed by atoms with Gasteiger partial charge in [-0.3, -0.25) is 4.79 Å². The quantitative estimate of drug-likeness (QED) is 0.703. The molecular weight excluding hydrogens is 202 g/mol. The molecule has 94 valence electrons. The first kappa shape index (κ1) is 13.5. The minimum absolute atomic E-state index is 0.0966. The normalized spacial score (nSPS) is 18.6. The summed E-state index contributed by atoms with van der Waals surface area (Å²) in [5.74, 6) is 0.0966.